The van der Waals surface area contributed by atoms with Crippen LogP contribution < -0.4 is 4.74 Å². The van der Waals surface area contributed by atoms with Crippen LogP contribution in [-0.2, 0) is 19.3 Å². The molecule has 0 saturated carbocycles. The lowest BCUT2D eigenvalue weighted by molar-refractivity contribution is -0.141. The van der Waals surface area contributed by atoms with E-state index >= 15 is 0 Å². The number of nitriles is 1. The lowest BCUT2D eigenvalue weighted by atomic mass is 10.1. The molecule has 0 aliphatic carbocycles. The van der Waals surface area contributed by atoms with E-state index in [0.29, 0.717) is 22.4 Å². The van der Waals surface area contributed by atoms with Gasteiger partial charge >= 0.3 is 6.18 Å². The lowest BCUT2D eigenvalue weighted by Crippen LogP contribution is -2.26. The van der Waals surface area contributed by atoms with Crippen LogP contribution in [0.2, 0.25) is 0 Å². The van der Waals surface area contributed by atoms with Crippen molar-refractivity contribution in [3.8, 4) is 11.8 Å². The van der Waals surface area contributed by atoms with Gasteiger partial charge in [-0.1, -0.05) is 0 Å². The second-order valence-electron chi connectivity index (χ2n) is 6.49. The van der Waals surface area contributed by atoms with E-state index in [1.54, 1.807) is 12.1 Å². The molecule has 0 N–H and O–H groups in total. The number of hydrogen-bond donors (Lipinski definition) is 0. The summed E-state index contributed by atoms with van der Waals surface area (Å²) in [5.74, 6) is -0.0772. The molecule has 0 spiro atoms. The van der Waals surface area contributed by atoms with Crippen LogP contribution in [0.3, 0.4) is 0 Å². The summed E-state index contributed by atoms with van der Waals surface area (Å²) in [5, 5.41) is 9.10. The van der Waals surface area contributed by atoms with Crippen molar-refractivity contribution in [2.45, 2.75) is 39.2 Å². The van der Waals surface area contributed by atoms with Crippen LogP contribution in [0.15, 0.2) is 30.5 Å². The van der Waals surface area contributed by atoms with Gasteiger partial charge in [0.1, 0.15) is 11.4 Å². The molecule has 1 amide bonds. The standard InChI is InChI=1S/C19H16F3N3O2/c1-11(2)27-16-4-3-12(7-23)5-15(16)18(26)25-9-13-6-17(19(20,21)22)24-8-14(13)10-25/h3-6,8,11H,9-10H2,1-2H3. The number of ether oxygens (including phenoxy) is 1. The highest BCUT2D eigenvalue weighted by atomic mass is 19.4. The van der Waals surface area contributed by atoms with E-state index < -0.39 is 17.8 Å². The first-order valence-electron chi connectivity index (χ1n) is 8.24. The zero-order valence-electron chi connectivity index (χ0n) is 14.7. The quantitative estimate of drug-likeness (QED) is 0.816. The van der Waals surface area contributed by atoms with Gasteiger partial charge in [0.25, 0.3) is 5.91 Å². The van der Waals surface area contributed by atoms with E-state index in [4.69, 9.17) is 10.00 Å². The number of nitrogens with zero attached hydrogens (tertiary/aromatic N) is 3. The summed E-state index contributed by atoms with van der Waals surface area (Å²) in [7, 11) is 0. The molecule has 3 rings (SSSR count). The van der Waals surface area contributed by atoms with E-state index in [9.17, 15) is 18.0 Å². The third-order valence-electron chi connectivity index (χ3n) is 4.08. The molecular formula is C19H16F3N3O2. The molecule has 0 bridgehead atoms. The summed E-state index contributed by atoms with van der Waals surface area (Å²) in [6, 6.07) is 7.48. The van der Waals surface area contributed by atoms with Gasteiger partial charge in [-0.25, -0.2) is 0 Å². The summed E-state index contributed by atoms with van der Waals surface area (Å²) in [6.07, 6.45) is -3.56. The predicted octanol–water partition coefficient (Wildman–Crippen LogP) is 3.92. The van der Waals surface area contributed by atoms with Crippen LogP contribution in [0, 0.1) is 11.3 Å². The van der Waals surface area contributed by atoms with Gasteiger partial charge in [0.05, 0.1) is 23.3 Å². The topological polar surface area (TPSA) is 66.2 Å². The Balaban J connectivity index is 1.90. The van der Waals surface area contributed by atoms with Crippen LogP contribution in [-0.4, -0.2) is 21.9 Å². The Morgan fingerprint density at radius 2 is 1.96 bits per heavy atom. The number of carbonyl (C=O) groups is 1. The molecule has 2 heterocycles. The largest absolute Gasteiger partial charge is 0.490 e. The van der Waals surface area contributed by atoms with Crippen LogP contribution in [0.4, 0.5) is 13.2 Å². The number of carbonyl (C=O) groups excluding carboxylic acids is 1. The predicted molar refractivity (Wildman–Crippen MR) is 89.7 cm³/mol. The number of benzene rings is 1. The lowest BCUT2D eigenvalue weighted by Gasteiger charge is -2.19. The van der Waals surface area contributed by atoms with E-state index in [-0.39, 0.29) is 24.8 Å². The van der Waals surface area contributed by atoms with Crippen molar-refractivity contribution >= 4 is 5.91 Å². The molecule has 0 unspecified atom stereocenters. The average Bonchev–Trinajstić information content (AvgIpc) is 3.03. The Hall–Kier alpha value is -3.08. The second kappa shape index (κ2) is 6.91. The van der Waals surface area contributed by atoms with Gasteiger partial charge in [-0.2, -0.15) is 18.4 Å². The van der Waals surface area contributed by atoms with Crippen molar-refractivity contribution in [3.05, 3.63) is 58.4 Å². The third-order valence-corrected chi connectivity index (χ3v) is 4.08. The average molecular weight is 375 g/mol. The first-order chi connectivity index (χ1) is 12.7. The van der Waals surface area contributed by atoms with Gasteiger partial charge in [0.2, 0.25) is 0 Å². The fourth-order valence-corrected chi connectivity index (χ4v) is 2.87. The van der Waals surface area contributed by atoms with Gasteiger partial charge in [-0.3, -0.25) is 9.78 Å². The number of pyridine rings is 1. The molecule has 0 radical (unpaired) electrons. The molecule has 1 aliphatic heterocycles. The highest BCUT2D eigenvalue weighted by Gasteiger charge is 2.35. The number of aromatic nitrogens is 1. The first kappa shape index (κ1) is 18.7. The van der Waals surface area contributed by atoms with Crippen molar-refractivity contribution in [1.29, 1.82) is 5.26 Å². The SMILES string of the molecule is CC(C)Oc1ccc(C#N)cc1C(=O)N1Cc2cnc(C(F)(F)F)cc2C1. The maximum absolute atomic E-state index is 13.0. The molecule has 1 aromatic heterocycles. The fraction of sp³-hybridized carbons (Fsp3) is 0.316. The molecule has 140 valence electrons. The number of hydrogen-bond acceptors (Lipinski definition) is 4. The van der Waals surface area contributed by atoms with Crippen LogP contribution in [0.5, 0.6) is 5.75 Å². The molecule has 0 fully saturated rings. The monoisotopic (exact) mass is 375 g/mol. The fourth-order valence-electron chi connectivity index (χ4n) is 2.87. The van der Waals surface area contributed by atoms with Crippen molar-refractivity contribution in [3.63, 3.8) is 0 Å². The summed E-state index contributed by atoms with van der Waals surface area (Å²) < 4.78 is 44.2. The Morgan fingerprint density at radius 3 is 2.59 bits per heavy atom. The highest BCUT2D eigenvalue weighted by molar-refractivity contribution is 5.97. The maximum atomic E-state index is 13.0. The molecule has 2 aromatic rings. The van der Waals surface area contributed by atoms with Gasteiger partial charge in [0, 0.05) is 19.3 Å². The number of fused-ring (bicyclic) bond motifs is 1. The minimum Gasteiger partial charge on any atom is -0.490 e. The Labute approximate surface area is 154 Å². The van der Waals surface area contributed by atoms with Crippen LogP contribution >= 0.6 is 0 Å². The molecular weight excluding hydrogens is 359 g/mol. The van der Waals surface area contributed by atoms with Crippen molar-refractivity contribution in [1.82, 2.24) is 9.88 Å². The zero-order chi connectivity index (χ0) is 19.8. The molecule has 1 aromatic carbocycles. The second-order valence-corrected chi connectivity index (χ2v) is 6.49. The summed E-state index contributed by atoms with van der Waals surface area (Å²) >= 11 is 0. The van der Waals surface area contributed by atoms with E-state index in [0.717, 1.165) is 12.3 Å². The molecule has 8 heteroatoms. The van der Waals surface area contributed by atoms with E-state index in [1.165, 1.54) is 11.0 Å². The number of amides is 1. The highest BCUT2D eigenvalue weighted by Crippen LogP contribution is 2.33. The number of rotatable bonds is 3. The van der Waals surface area contributed by atoms with Gasteiger partial charge in [0.15, 0.2) is 0 Å². The zero-order valence-corrected chi connectivity index (χ0v) is 14.7. The summed E-state index contributed by atoms with van der Waals surface area (Å²) in [4.78, 5) is 17.8. The Morgan fingerprint density at radius 1 is 1.26 bits per heavy atom. The van der Waals surface area contributed by atoms with E-state index in [2.05, 4.69) is 4.98 Å². The molecule has 1 aliphatic rings. The maximum Gasteiger partial charge on any atom is 0.433 e. The third kappa shape index (κ3) is 3.87. The first-order valence-corrected chi connectivity index (χ1v) is 8.24. The van der Waals surface area contributed by atoms with Crippen molar-refractivity contribution < 1.29 is 22.7 Å². The Kier molecular flexibility index (Phi) is 4.79. The van der Waals surface area contributed by atoms with Crippen LogP contribution in [0.1, 0.15) is 46.6 Å². The van der Waals surface area contributed by atoms with Crippen molar-refractivity contribution in [2.75, 3.05) is 0 Å². The Bertz CT molecular complexity index is 933. The minimum atomic E-state index is -4.54. The summed E-state index contributed by atoms with van der Waals surface area (Å²) in [6.45, 7) is 3.81. The molecule has 0 saturated heterocycles. The van der Waals surface area contributed by atoms with Gasteiger partial charge in [-0.15, -0.1) is 0 Å². The van der Waals surface area contributed by atoms with Crippen LogP contribution in [0.25, 0.3) is 0 Å². The molecule has 0 atom stereocenters. The van der Waals surface area contributed by atoms with E-state index in [1.807, 2.05) is 19.9 Å². The van der Waals surface area contributed by atoms with Crippen molar-refractivity contribution in [2.24, 2.45) is 0 Å². The molecule has 5 nitrogen and oxygen atoms in total. The summed E-state index contributed by atoms with van der Waals surface area (Å²) in [5.41, 5.74) is 0.505. The molecule has 27 heavy (non-hydrogen) atoms. The number of halogens is 3. The normalized spacial score (nSPS) is 13.4. The number of alkyl halides is 3. The smallest absolute Gasteiger partial charge is 0.433 e. The van der Waals surface area contributed by atoms with Gasteiger partial charge in [-0.05, 0) is 49.2 Å². The van der Waals surface area contributed by atoms with Gasteiger partial charge < -0.3 is 9.64 Å². The minimum absolute atomic E-state index is 0.0394.